The second-order valence-corrected chi connectivity index (χ2v) is 6.92. The van der Waals surface area contributed by atoms with E-state index in [0.29, 0.717) is 16.9 Å². The molecule has 3 heteroatoms. The highest BCUT2D eigenvalue weighted by Crippen LogP contribution is 2.42. The lowest BCUT2D eigenvalue weighted by Crippen LogP contribution is -2.38. The molecule has 0 bridgehead atoms. The molecule has 1 aliphatic carbocycles. The van der Waals surface area contributed by atoms with Crippen LogP contribution in [0.4, 0.5) is 4.39 Å². The third kappa shape index (κ3) is 2.87. The highest BCUT2D eigenvalue weighted by Gasteiger charge is 2.35. The van der Waals surface area contributed by atoms with Crippen LogP contribution in [0.15, 0.2) is 16.6 Å². The lowest BCUT2D eigenvalue weighted by Gasteiger charge is -2.37. The van der Waals surface area contributed by atoms with Crippen molar-refractivity contribution in [3.05, 3.63) is 33.5 Å². The molecular weight excluding hydrogens is 305 g/mol. The van der Waals surface area contributed by atoms with Crippen molar-refractivity contribution < 1.29 is 4.39 Å². The summed E-state index contributed by atoms with van der Waals surface area (Å²) in [6.07, 6.45) is 5.57. The molecule has 19 heavy (non-hydrogen) atoms. The molecule has 0 aromatic heterocycles. The molecule has 0 atom stereocenters. The van der Waals surface area contributed by atoms with E-state index in [2.05, 4.69) is 29.8 Å². The second-order valence-electron chi connectivity index (χ2n) is 6.06. The topological polar surface area (TPSA) is 26.0 Å². The lowest BCUT2D eigenvalue weighted by molar-refractivity contribution is 0.291. The highest BCUT2D eigenvalue weighted by molar-refractivity contribution is 9.10. The largest absolute Gasteiger partial charge is 0.330 e. The summed E-state index contributed by atoms with van der Waals surface area (Å²) >= 11 is 3.37. The van der Waals surface area contributed by atoms with Gasteiger partial charge in [0.2, 0.25) is 0 Å². The van der Waals surface area contributed by atoms with Crippen LogP contribution in [0.25, 0.3) is 0 Å². The summed E-state index contributed by atoms with van der Waals surface area (Å²) in [7, 11) is 0. The minimum Gasteiger partial charge on any atom is -0.330 e. The Morgan fingerprint density at radius 2 is 1.89 bits per heavy atom. The average molecular weight is 328 g/mol. The van der Waals surface area contributed by atoms with Gasteiger partial charge in [-0.2, -0.15) is 0 Å². The molecule has 0 unspecified atom stereocenters. The Morgan fingerprint density at radius 3 is 2.42 bits per heavy atom. The van der Waals surface area contributed by atoms with Gasteiger partial charge in [0.25, 0.3) is 0 Å². The fourth-order valence-electron chi connectivity index (χ4n) is 3.14. The Labute approximate surface area is 123 Å². The summed E-state index contributed by atoms with van der Waals surface area (Å²) in [5.74, 6) is 0.283. The van der Waals surface area contributed by atoms with Crippen molar-refractivity contribution >= 4 is 15.9 Å². The molecule has 1 aromatic rings. The van der Waals surface area contributed by atoms with Gasteiger partial charge in [0.1, 0.15) is 5.82 Å². The summed E-state index contributed by atoms with van der Waals surface area (Å²) < 4.78 is 15.1. The van der Waals surface area contributed by atoms with Gasteiger partial charge in [0.15, 0.2) is 0 Å². The Bertz CT molecular complexity index is 450. The number of benzene rings is 1. The SMILES string of the molecule is CC(C)c1cc(Br)c(F)c(C2(CN)CCCCC2)c1. The molecule has 1 fully saturated rings. The van der Waals surface area contributed by atoms with E-state index < -0.39 is 0 Å². The molecule has 1 saturated carbocycles. The molecule has 0 spiro atoms. The van der Waals surface area contributed by atoms with Crippen molar-refractivity contribution in [2.75, 3.05) is 6.54 Å². The molecule has 0 heterocycles. The zero-order chi connectivity index (χ0) is 14.0. The fourth-order valence-corrected chi connectivity index (χ4v) is 3.62. The van der Waals surface area contributed by atoms with Gasteiger partial charge in [-0.1, -0.05) is 39.2 Å². The maximum absolute atomic E-state index is 14.6. The molecule has 1 aromatic carbocycles. The highest BCUT2D eigenvalue weighted by atomic mass is 79.9. The molecule has 0 radical (unpaired) electrons. The van der Waals surface area contributed by atoms with E-state index in [1.807, 2.05) is 12.1 Å². The van der Waals surface area contributed by atoms with E-state index in [-0.39, 0.29) is 11.2 Å². The standard InChI is InChI=1S/C16H23BrFN/c1-11(2)12-8-13(15(18)14(17)9-12)16(10-19)6-4-3-5-7-16/h8-9,11H,3-7,10,19H2,1-2H3. The average Bonchev–Trinajstić information content (AvgIpc) is 2.42. The van der Waals surface area contributed by atoms with Crippen molar-refractivity contribution in [2.24, 2.45) is 5.73 Å². The first-order valence-electron chi connectivity index (χ1n) is 7.19. The number of halogens is 2. The molecule has 2 rings (SSSR count). The van der Waals surface area contributed by atoms with Crippen molar-refractivity contribution in [3.8, 4) is 0 Å². The van der Waals surface area contributed by atoms with E-state index in [1.54, 1.807) is 0 Å². The fraction of sp³-hybridized carbons (Fsp3) is 0.625. The molecule has 0 saturated heterocycles. The Hall–Kier alpha value is -0.410. The number of nitrogens with two attached hydrogens (primary N) is 1. The monoisotopic (exact) mass is 327 g/mol. The first kappa shape index (κ1) is 15.0. The summed E-state index contributed by atoms with van der Waals surface area (Å²) in [6.45, 7) is 4.82. The Morgan fingerprint density at radius 1 is 1.26 bits per heavy atom. The van der Waals surface area contributed by atoms with E-state index in [0.717, 1.165) is 31.2 Å². The van der Waals surface area contributed by atoms with Crippen LogP contribution in [0.1, 0.15) is 63.0 Å². The maximum Gasteiger partial charge on any atom is 0.141 e. The van der Waals surface area contributed by atoms with Crippen molar-refractivity contribution in [1.29, 1.82) is 0 Å². The van der Waals surface area contributed by atoms with Gasteiger partial charge in [-0.25, -0.2) is 4.39 Å². The first-order chi connectivity index (χ1) is 9.00. The second kappa shape index (κ2) is 5.92. The minimum absolute atomic E-state index is 0.114. The van der Waals surface area contributed by atoms with Gasteiger partial charge in [0.05, 0.1) is 4.47 Å². The van der Waals surface area contributed by atoms with Crippen LogP contribution in [0.5, 0.6) is 0 Å². The maximum atomic E-state index is 14.6. The summed E-state index contributed by atoms with van der Waals surface area (Å²) in [5, 5.41) is 0. The summed E-state index contributed by atoms with van der Waals surface area (Å²) in [4.78, 5) is 0. The quantitative estimate of drug-likeness (QED) is 0.841. The Balaban J connectivity index is 2.52. The van der Waals surface area contributed by atoms with Gasteiger partial charge in [-0.3, -0.25) is 0 Å². The third-order valence-corrected chi connectivity index (χ3v) is 5.07. The third-order valence-electron chi connectivity index (χ3n) is 4.49. The van der Waals surface area contributed by atoms with Gasteiger partial charge in [-0.15, -0.1) is 0 Å². The first-order valence-corrected chi connectivity index (χ1v) is 7.99. The van der Waals surface area contributed by atoms with Gasteiger partial charge in [-0.05, 0) is 51.9 Å². The lowest BCUT2D eigenvalue weighted by atomic mass is 9.69. The van der Waals surface area contributed by atoms with Crippen molar-refractivity contribution in [1.82, 2.24) is 0 Å². The van der Waals surface area contributed by atoms with Crippen LogP contribution in [0.3, 0.4) is 0 Å². The zero-order valence-corrected chi connectivity index (χ0v) is 13.4. The van der Waals surface area contributed by atoms with Crippen molar-refractivity contribution in [3.63, 3.8) is 0 Å². The molecule has 1 aliphatic rings. The molecule has 106 valence electrons. The molecular formula is C16H23BrFN. The molecule has 2 N–H and O–H groups in total. The van der Waals surface area contributed by atoms with E-state index in [4.69, 9.17) is 5.73 Å². The zero-order valence-electron chi connectivity index (χ0n) is 11.8. The Kier molecular flexibility index (Phi) is 4.67. The van der Waals surface area contributed by atoms with Crippen LogP contribution in [-0.2, 0) is 5.41 Å². The number of hydrogen-bond donors (Lipinski definition) is 1. The smallest absolute Gasteiger partial charge is 0.141 e. The molecule has 0 aliphatic heterocycles. The van der Waals surface area contributed by atoms with Gasteiger partial charge in [0, 0.05) is 12.0 Å². The molecule has 0 amide bonds. The number of rotatable bonds is 3. The van der Waals surface area contributed by atoms with E-state index in [9.17, 15) is 4.39 Å². The summed E-state index contributed by atoms with van der Waals surface area (Å²) in [5.41, 5.74) is 7.89. The predicted molar refractivity (Wildman–Crippen MR) is 82.0 cm³/mol. The van der Waals surface area contributed by atoms with Gasteiger partial charge >= 0.3 is 0 Å². The normalized spacial score (nSPS) is 18.8. The van der Waals surface area contributed by atoms with Gasteiger partial charge < -0.3 is 5.73 Å². The molecule has 1 nitrogen and oxygen atoms in total. The predicted octanol–water partition coefficient (Wildman–Crippen LogP) is 4.87. The van der Waals surface area contributed by atoms with Crippen molar-refractivity contribution in [2.45, 2.75) is 57.3 Å². The van der Waals surface area contributed by atoms with Crippen LogP contribution in [0.2, 0.25) is 0 Å². The van der Waals surface area contributed by atoms with Crippen LogP contribution in [-0.4, -0.2) is 6.54 Å². The van der Waals surface area contributed by atoms with E-state index in [1.165, 1.54) is 12.0 Å². The van der Waals surface area contributed by atoms with Crippen LogP contribution < -0.4 is 5.73 Å². The van der Waals surface area contributed by atoms with Crippen LogP contribution >= 0.6 is 15.9 Å². The number of hydrogen-bond acceptors (Lipinski definition) is 1. The summed E-state index contributed by atoms with van der Waals surface area (Å²) in [6, 6.07) is 3.94. The van der Waals surface area contributed by atoms with E-state index >= 15 is 0 Å². The minimum atomic E-state index is -0.157. The van der Waals surface area contributed by atoms with Crippen LogP contribution in [0, 0.1) is 5.82 Å².